The Morgan fingerprint density at radius 2 is 2.10 bits per heavy atom. The second kappa shape index (κ2) is 7.79. The summed E-state index contributed by atoms with van der Waals surface area (Å²) in [6, 6.07) is 4.80. The molecule has 112 valence electrons. The maximum atomic E-state index is 12.1. The Balaban J connectivity index is 1.78. The summed E-state index contributed by atoms with van der Waals surface area (Å²) in [6.07, 6.45) is 7.80. The molecule has 0 spiro atoms. The molecule has 1 aliphatic rings. The standard InChI is InChI=1S/C16H26N2OS/c1-13(15-10-7-11-20-15)17-16(19)12-18(2)14-8-5-3-4-6-9-14/h7,10-11,13-14H,3-6,8-9,12H2,1-2H3,(H,17,19). The van der Waals surface area contributed by atoms with Gasteiger partial charge in [-0.15, -0.1) is 11.3 Å². The van der Waals surface area contributed by atoms with E-state index in [0.29, 0.717) is 12.6 Å². The summed E-state index contributed by atoms with van der Waals surface area (Å²) in [5.41, 5.74) is 0. The highest BCUT2D eigenvalue weighted by Gasteiger charge is 2.19. The predicted molar refractivity (Wildman–Crippen MR) is 85.0 cm³/mol. The zero-order valence-electron chi connectivity index (χ0n) is 12.6. The van der Waals surface area contributed by atoms with Crippen LogP contribution >= 0.6 is 11.3 Å². The first kappa shape index (κ1) is 15.5. The van der Waals surface area contributed by atoms with Gasteiger partial charge in [0.15, 0.2) is 0 Å². The van der Waals surface area contributed by atoms with Crippen molar-refractivity contribution in [2.75, 3.05) is 13.6 Å². The molecule has 3 nitrogen and oxygen atoms in total. The second-order valence-corrected chi connectivity index (χ2v) is 6.84. The van der Waals surface area contributed by atoms with Crippen molar-refractivity contribution in [2.24, 2.45) is 0 Å². The monoisotopic (exact) mass is 294 g/mol. The number of hydrogen-bond donors (Lipinski definition) is 1. The Hall–Kier alpha value is -0.870. The van der Waals surface area contributed by atoms with Crippen LogP contribution in [0.1, 0.15) is 56.4 Å². The molecular weight excluding hydrogens is 268 g/mol. The number of likely N-dealkylation sites (N-methyl/N-ethyl adjacent to an activating group) is 1. The molecule has 0 bridgehead atoms. The van der Waals surface area contributed by atoms with Gasteiger partial charge in [-0.2, -0.15) is 0 Å². The van der Waals surface area contributed by atoms with Gasteiger partial charge in [-0.25, -0.2) is 0 Å². The second-order valence-electron chi connectivity index (χ2n) is 5.87. The molecule has 0 radical (unpaired) electrons. The number of amides is 1. The zero-order valence-corrected chi connectivity index (χ0v) is 13.4. The van der Waals surface area contributed by atoms with Gasteiger partial charge in [-0.3, -0.25) is 9.69 Å². The zero-order chi connectivity index (χ0) is 14.4. The molecule has 1 atom stereocenters. The van der Waals surface area contributed by atoms with Gasteiger partial charge in [0.2, 0.25) is 5.91 Å². The lowest BCUT2D eigenvalue weighted by atomic mass is 10.1. The molecule has 1 aliphatic carbocycles. The fourth-order valence-electron chi connectivity index (χ4n) is 2.95. The van der Waals surface area contributed by atoms with Crippen LogP contribution in [0.2, 0.25) is 0 Å². The van der Waals surface area contributed by atoms with Crippen molar-refractivity contribution < 1.29 is 4.79 Å². The van der Waals surface area contributed by atoms with Crippen LogP contribution in [-0.2, 0) is 4.79 Å². The highest BCUT2D eigenvalue weighted by molar-refractivity contribution is 7.10. The van der Waals surface area contributed by atoms with Crippen molar-refractivity contribution in [2.45, 2.75) is 57.5 Å². The fourth-order valence-corrected chi connectivity index (χ4v) is 3.68. The molecule has 1 unspecified atom stereocenters. The van der Waals surface area contributed by atoms with Gasteiger partial charge in [-0.05, 0) is 38.3 Å². The molecular formula is C16H26N2OS. The Kier molecular flexibility index (Phi) is 6.05. The van der Waals surface area contributed by atoms with Crippen LogP contribution in [0.25, 0.3) is 0 Å². The summed E-state index contributed by atoms with van der Waals surface area (Å²) < 4.78 is 0. The van der Waals surface area contributed by atoms with Gasteiger partial charge in [0.05, 0.1) is 12.6 Å². The normalized spacial score (nSPS) is 18.8. The van der Waals surface area contributed by atoms with Gasteiger partial charge >= 0.3 is 0 Å². The van der Waals surface area contributed by atoms with Crippen LogP contribution in [0, 0.1) is 0 Å². The highest BCUT2D eigenvalue weighted by Crippen LogP contribution is 2.21. The van der Waals surface area contributed by atoms with E-state index in [9.17, 15) is 4.79 Å². The van der Waals surface area contributed by atoms with Crippen molar-refractivity contribution >= 4 is 17.2 Å². The lowest BCUT2D eigenvalue weighted by Crippen LogP contribution is -2.41. The molecule has 1 saturated carbocycles. The first-order valence-corrected chi connectivity index (χ1v) is 8.58. The SMILES string of the molecule is CC(NC(=O)CN(C)C1CCCCCC1)c1cccs1. The lowest BCUT2D eigenvalue weighted by Gasteiger charge is -2.27. The molecule has 4 heteroatoms. The minimum atomic E-state index is 0.116. The van der Waals surface area contributed by atoms with Crippen LogP contribution in [0.5, 0.6) is 0 Å². The van der Waals surface area contributed by atoms with E-state index in [1.165, 1.54) is 43.4 Å². The van der Waals surface area contributed by atoms with Crippen LogP contribution in [0.3, 0.4) is 0 Å². The summed E-state index contributed by atoms with van der Waals surface area (Å²) in [4.78, 5) is 15.6. The van der Waals surface area contributed by atoms with Crippen molar-refractivity contribution in [3.8, 4) is 0 Å². The molecule has 20 heavy (non-hydrogen) atoms. The third-order valence-corrected chi connectivity index (χ3v) is 5.24. The minimum Gasteiger partial charge on any atom is -0.348 e. The van der Waals surface area contributed by atoms with Gasteiger partial charge in [0.1, 0.15) is 0 Å². The van der Waals surface area contributed by atoms with E-state index >= 15 is 0 Å². The van der Waals surface area contributed by atoms with Crippen LogP contribution in [-0.4, -0.2) is 30.4 Å². The molecule has 2 rings (SSSR count). The topological polar surface area (TPSA) is 32.3 Å². The maximum absolute atomic E-state index is 12.1. The maximum Gasteiger partial charge on any atom is 0.234 e. The smallest absolute Gasteiger partial charge is 0.234 e. The first-order chi connectivity index (χ1) is 9.66. The first-order valence-electron chi connectivity index (χ1n) is 7.70. The summed E-state index contributed by atoms with van der Waals surface area (Å²) in [5.74, 6) is 0.137. The molecule has 1 amide bonds. The average molecular weight is 294 g/mol. The summed E-state index contributed by atoms with van der Waals surface area (Å²) in [5, 5.41) is 5.15. The number of carbonyl (C=O) groups is 1. The average Bonchev–Trinajstić information content (AvgIpc) is 2.81. The highest BCUT2D eigenvalue weighted by atomic mass is 32.1. The summed E-state index contributed by atoms with van der Waals surface area (Å²) in [6.45, 7) is 2.57. The quantitative estimate of drug-likeness (QED) is 0.842. The number of hydrogen-bond acceptors (Lipinski definition) is 3. The Morgan fingerprint density at radius 3 is 2.70 bits per heavy atom. The number of rotatable bonds is 5. The third-order valence-electron chi connectivity index (χ3n) is 4.19. The largest absolute Gasteiger partial charge is 0.348 e. The van der Waals surface area contributed by atoms with Crippen molar-refractivity contribution in [1.82, 2.24) is 10.2 Å². The fraction of sp³-hybridized carbons (Fsp3) is 0.688. The Bertz CT molecular complexity index is 397. The van der Waals surface area contributed by atoms with Crippen molar-refractivity contribution in [3.05, 3.63) is 22.4 Å². The van der Waals surface area contributed by atoms with Crippen LogP contribution in [0.15, 0.2) is 17.5 Å². The van der Waals surface area contributed by atoms with Crippen molar-refractivity contribution in [1.29, 1.82) is 0 Å². The molecule has 1 N–H and O–H groups in total. The molecule has 0 aliphatic heterocycles. The van der Waals surface area contributed by atoms with E-state index in [1.807, 2.05) is 6.07 Å². The molecule has 1 aromatic heterocycles. The number of thiophene rings is 1. The molecule has 0 aromatic carbocycles. The van der Waals surface area contributed by atoms with E-state index in [2.05, 4.69) is 35.6 Å². The van der Waals surface area contributed by atoms with Gasteiger partial charge in [0.25, 0.3) is 0 Å². The van der Waals surface area contributed by atoms with Gasteiger partial charge in [-0.1, -0.05) is 31.7 Å². The van der Waals surface area contributed by atoms with Crippen LogP contribution in [0.4, 0.5) is 0 Å². The molecule has 1 aromatic rings. The summed E-state index contributed by atoms with van der Waals surface area (Å²) >= 11 is 1.69. The number of carbonyl (C=O) groups excluding carboxylic acids is 1. The summed E-state index contributed by atoms with van der Waals surface area (Å²) in [7, 11) is 2.09. The van der Waals surface area contributed by atoms with E-state index in [0.717, 1.165) is 0 Å². The minimum absolute atomic E-state index is 0.116. The third kappa shape index (κ3) is 4.60. The van der Waals surface area contributed by atoms with Crippen molar-refractivity contribution in [3.63, 3.8) is 0 Å². The van der Waals surface area contributed by atoms with E-state index in [4.69, 9.17) is 0 Å². The predicted octanol–water partition coefficient (Wildman–Crippen LogP) is 3.58. The molecule has 1 fully saturated rings. The van der Waals surface area contributed by atoms with Crippen LogP contribution < -0.4 is 5.32 Å². The van der Waals surface area contributed by atoms with E-state index in [-0.39, 0.29) is 11.9 Å². The number of nitrogens with zero attached hydrogens (tertiary/aromatic N) is 1. The number of nitrogens with one attached hydrogen (secondary N) is 1. The lowest BCUT2D eigenvalue weighted by molar-refractivity contribution is -0.123. The molecule has 0 saturated heterocycles. The van der Waals surface area contributed by atoms with E-state index in [1.54, 1.807) is 11.3 Å². The Labute approximate surface area is 126 Å². The van der Waals surface area contributed by atoms with Gasteiger partial charge < -0.3 is 5.32 Å². The van der Waals surface area contributed by atoms with Gasteiger partial charge in [0, 0.05) is 10.9 Å². The van der Waals surface area contributed by atoms with E-state index < -0.39 is 0 Å². The Morgan fingerprint density at radius 1 is 1.40 bits per heavy atom. The molecule has 1 heterocycles.